The molecule has 16 heteroatoms. The zero-order chi connectivity index (χ0) is 38.9. The lowest BCUT2D eigenvalue weighted by molar-refractivity contribution is -0.282. The zero-order valence-corrected chi connectivity index (χ0v) is 31.4. The van der Waals surface area contributed by atoms with E-state index in [0.29, 0.717) is 5.33 Å². The number of ether oxygens (including phenoxy) is 7. The van der Waals surface area contributed by atoms with Crippen molar-refractivity contribution in [1.29, 1.82) is 0 Å². The summed E-state index contributed by atoms with van der Waals surface area (Å²) in [7, 11) is 1.07. The minimum atomic E-state index is -1.68. The van der Waals surface area contributed by atoms with Crippen LogP contribution in [0, 0.1) is 0 Å². The predicted molar refractivity (Wildman–Crippen MR) is 193 cm³/mol. The number of esters is 4. The van der Waals surface area contributed by atoms with E-state index in [9.17, 15) is 28.8 Å². The van der Waals surface area contributed by atoms with E-state index >= 15 is 0 Å². The molecule has 2 N–H and O–H groups in total. The van der Waals surface area contributed by atoms with Crippen LogP contribution in [0.2, 0.25) is 0 Å². The maximum Gasteiger partial charge on any atom is 0.407 e. The van der Waals surface area contributed by atoms with E-state index in [1.165, 1.54) is 6.07 Å². The van der Waals surface area contributed by atoms with Gasteiger partial charge in [-0.15, -0.1) is 0 Å². The van der Waals surface area contributed by atoms with Gasteiger partial charge in [0.1, 0.15) is 12.4 Å². The fourth-order valence-electron chi connectivity index (χ4n) is 6.30. The Morgan fingerprint density at radius 3 is 1.96 bits per heavy atom. The second kappa shape index (κ2) is 18.0. The van der Waals surface area contributed by atoms with E-state index < -0.39 is 66.6 Å². The summed E-state index contributed by atoms with van der Waals surface area (Å²) in [5.74, 6) is -4.15. The Bertz CT molecular complexity index is 1860. The molecule has 15 nitrogen and oxygen atoms in total. The molecule has 2 aliphatic rings. The highest BCUT2D eigenvalue weighted by molar-refractivity contribution is 9.08. The summed E-state index contributed by atoms with van der Waals surface area (Å²) in [5.41, 5.74) is 5.22. The van der Waals surface area contributed by atoms with E-state index in [4.69, 9.17) is 33.2 Å². The van der Waals surface area contributed by atoms with Gasteiger partial charge in [0.05, 0.1) is 12.8 Å². The molecule has 0 saturated carbocycles. The summed E-state index contributed by atoms with van der Waals surface area (Å²) < 4.78 is 38.5. The molecule has 286 valence electrons. The van der Waals surface area contributed by atoms with Gasteiger partial charge in [0, 0.05) is 45.0 Å². The number of halogens is 1. The minimum absolute atomic E-state index is 0.0100. The van der Waals surface area contributed by atoms with Crippen LogP contribution in [0.4, 0.5) is 10.5 Å². The molecule has 0 radical (unpaired) electrons. The van der Waals surface area contributed by atoms with Crippen molar-refractivity contribution in [2.75, 3.05) is 25.6 Å². The van der Waals surface area contributed by atoms with Crippen molar-refractivity contribution in [3.63, 3.8) is 0 Å². The first-order valence-electron chi connectivity index (χ1n) is 16.9. The number of carbonyl (C=O) groups is 6. The van der Waals surface area contributed by atoms with E-state index in [-0.39, 0.29) is 36.9 Å². The molecule has 5 rings (SSSR count). The van der Waals surface area contributed by atoms with Crippen molar-refractivity contribution in [2.24, 2.45) is 0 Å². The number of hydrogen-bond donors (Lipinski definition) is 2. The maximum absolute atomic E-state index is 13.2. The molecular weight excluding hydrogens is 772 g/mol. The van der Waals surface area contributed by atoms with Crippen molar-refractivity contribution in [3.8, 4) is 16.9 Å². The van der Waals surface area contributed by atoms with Gasteiger partial charge >= 0.3 is 30.0 Å². The average molecular weight is 812 g/mol. The fourth-order valence-corrected chi connectivity index (χ4v) is 6.65. The number of amides is 2. The number of methoxy groups -OCH3 is 1. The Morgan fingerprint density at radius 2 is 1.37 bits per heavy atom. The summed E-state index contributed by atoms with van der Waals surface area (Å²) in [4.78, 5) is 75.0. The van der Waals surface area contributed by atoms with Crippen LogP contribution in [0.15, 0.2) is 66.7 Å². The van der Waals surface area contributed by atoms with Gasteiger partial charge in [-0.2, -0.15) is 0 Å². The molecule has 1 aliphatic carbocycles. The van der Waals surface area contributed by atoms with Gasteiger partial charge < -0.3 is 43.8 Å². The van der Waals surface area contributed by atoms with E-state index in [0.717, 1.165) is 55.7 Å². The molecule has 0 bridgehead atoms. The van der Waals surface area contributed by atoms with E-state index in [2.05, 4.69) is 26.6 Å². The molecule has 1 saturated heterocycles. The highest BCUT2D eigenvalue weighted by Gasteiger charge is 2.56. The third-order valence-corrected chi connectivity index (χ3v) is 9.16. The average Bonchev–Trinajstić information content (AvgIpc) is 3.46. The van der Waals surface area contributed by atoms with Crippen LogP contribution in [0.25, 0.3) is 11.1 Å². The number of nitrogens with one attached hydrogen (secondary N) is 2. The Kier molecular flexibility index (Phi) is 13.3. The number of rotatable bonds is 13. The normalized spacial score (nSPS) is 20.0. The molecule has 0 spiro atoms. The third-order valence-electron chi connectivity index (χ3n) is 8.52. The first-order valence-corrected chi connectivity index (χ1v) is 18.0. The summed E-state index contributed by atoms with van der Waals surface area (Å²) >= 11 is 3.38. The summed E-state index contributed by atoms with van der Waals surface area (Å²) in [5, 5.41) is 5.75. The van der Waals surface area contributed by atoms with E-state index in [1.54, 1.807) is 12.1 Å². The lowest BCUT2D eigenvalue weighted by atomic mass is 9.97. The van der Waals surface area contributed by atoms with Gasteiger partial charge in [-0.3, -0.25) is 19.2 Å². The molecule has 1 unspecified atom stereocenters. The molecule has 54 heavy (non-hydrogen) atoms. The third kappa shape index (κ3) is 9.54. The van der Waals surface area contributed by atoms with Crippen LogP contribution in [0.3, 0.4) is 0 Å². The van der Waals surface area contributed by atoms with Gasteiger partial charge in [0.2, 0.25) is 18.3 Å². The first kappa shape index (κ1) is 39.7. The number of fused-ring (bicyclic) bond motifs is 3. The van der Waals surface area contributed by atoms with Crippen LogP contribution in [0.5, 0.6) is 5.75 Å². The Balaban J connectivity index is 1.26. The van der Waals surface area contributed by atoms with Crippen LogP contribution in [0.1, 0.15) is 49.8 Å². The van der Waals surface area contributed by atoms with Crippen molar-refractivity contribution in [1.82, 2.24) is 5.32 Å². The van der Waals surface area contributed by atoms with Gasteiger partial charge in [-0.1, -0.05) is 70.5 Å². The van der Waals surface area contributed by atoms with Crippen LogP contribution < -0.4 is 15.4 Å². The topological polar surface area (TPSA) is 191 Å². The maximum atomic E-state index is 13.2. The molecule has 2 amide bonds. The first-order chi connectivity index (χ1) is 25.9. The molecule has 3 aromatic carbocycles. The number of hydrogen-bond acceptors (Lipinski definition) is 13. The SMILES string of the molecule is COC(=O)[C@H]1OC(Oc2ccc(CBr)cc2NC(=O)CCNC(=O)OCC2c3ccccc3-c3ccccc32)[C@H](OC(C)=O)[C@@H](OC(C)=O)[C@@H]1OC(C)=O. The fraction of sp³-hybridized carbons (Fsp3) is 0.368. The number of anilines is 1. The lowest BCUT2D eigenvalue weighted by Gasteiger charge is -2.43. The monoisotopic (exact) mass is 810 g/mol. The van der Waals surface area contributed by atoms with Crippen LogP contribution in [-0.2, 0) is 57.7 Å². The van der Waals surface area contributed by atoms with Crippen molar-refractivity contribution in [3.05, 3.63) is 83.4 Å². The molecule has 3 aromatic rings. The molecule has 0 aromatic heterocycles. The second-order valence-electron chi connectivity index (χ2n) is 12.3. The summed E-state index contributed by atoms with van der Waals surface area (Å²) in [6.07, 6.45) is -8.86. The molecule has 1 aliphatic heterocycles. The highest BCUT2D eigenvalue weighted by Crippen LogP contribution is 2.44. The number of benzene rings is 3. The summed E-state index contributed by atoms with van der Waals surface area (Å²) in [6.45, 7) is 3.28. The Hall–Kier alpha value is -5.48. The van der Waals surface area contributed by atoms with Gasteiger partial charge in [-0.05, 0) is 39.9 Å². The predicted octanol–water partition coefficient (Wildman–Crippen LogP) is 4.52. The summed E-state index contributed by atoms with van der Waals surface area (Å²) in [6, 6.07) is 20.7. The number of alkyl halides is 1. The van der Waals surface area contributed by atoms with Gasteiger partial charge in [-0.25, -0.2) is 9.59 Å². The van der Waals surface area contributed by atoms with Crippen molar-refractivity contribution < 1.29 is 61.9 Å². The molecule has 1 heterocycles. The highest BCUT2D eigenvalue weighted by atomic mass is 79.9. The van der Waals surface area contributed by atoms with Crippen molar-refractivity contribution in [2.45, 2.75) is 69.1 Å². The van der Waals surface area contributed by atoms with Crippen LogP contribution in [-0.4, -0.2) is 86.8 Å². The second-order valence-corrected chi connectivity index (χ2v) is 12.9. The van der Waals surface area contributed by atoms with Gasteiger partial charge in [0.25, 0.3) is 0 Å². The smallest absolute Gasteiger partial charge is 0.407 e. The van der Waals surface area contributed by atoms with Crippen molar-refractivity contribution >= 4 is 57.5 Å². The lowest BCUT2D eigenvalue weighted by Crippen LogP contribution is -2.64. The van der Waals surface area contributed by atoms with E-state index in [1.807, 2.05) is 48.5 Å². The van der Waals surface area contributed by atoms with Crippen LogP contribution >= 0.6 is 15.9 Å². The van der Waals surface area contributed by atoms with Gasteiger partial charge in [0.15, 0.2) is 18.3 Å². The largest absolute Gasteiger partial charge is 0.467 e. The molecule has 1 fully saturated rings. The molecular formula is C38H39BrN2O13. The number of alkyl carbamates (subject to hydrolysis) is 1. The molecule has 5 atom stereocenters. The standard InChI is InChI=1S/C38H39BrN2O13/c1-20(42)50-32-33(51-21(2)43)35(52-22(3)44)37(54-34(32)36(46)48-4)53-30-14-13-23(18-39)17-29(30)41-31(45)15-16-40-38(47)49-19-28-26-11-7-5-9-24(26)25-10-6-8-12-27(25)28/h5-14,17,28,32-35,37H,15-16,18-19H2,1-4H3,(H,40,47)(H,41,45)/t32-,33-,34-,35+,37?/m0/s1. The Morgan fingerprint density at radius 1 is 0.778 bits per heavy atom. The zero-order valence-electron chi connectivity index (χ0n) is 29.8. The quantitative estimate of drug-likeness (QED) is 0.139. The Labute approximate surface area is 319 Å². The number of carbonyl (C=O) groups excluding carboxylic acids is 6. The minimum Gasteiger partial charge on any atom is -0.467 e.